The molecule has 1 heterocycles. The number of aromatic hydroxyl groups is 1. The molecule has 0 atom stereocenters. The van der Waals surface area contributed by atoms with Crippen LogP contribution < -0.4 is 4.90 Å². The molecule has 0 amide bonds. The van der Waals surface area contributed by atoms with E-state index >= 15 is 0 Å². The Morgan fingerprint density at radius 3 is 2.00 bits per heavy atom. The Morgan fingerprint density at radius 1 is 1.00 bits per heavy atom. The Bertz CT molecular complexity index is 985. The van der Waals surface area contributed by atoms with Crippen LogP contribution in [0.3, 0.4) is 0 Å². The van der Waals surface area contributed by atoms with Crippen LogP contribution >= 0.6 is 0 Å². The van der Waals surface area contributed by atoms with Crippen LogP contribution in [-0.4, -0.2) is 23.3 Å². The molecule has 4 nitrogen and oxygen atoms in total. The number of rotatable bonds is 3. The molecular formula is C26H34N2O2. The molecule has 2 aromatic carbocycles. The van der Waals surface area contributed by atoms with Crippen molar-refractivity contribution in [2.75, 3.05) is 11.4 Å². The second kappa shape index (κ2) is 6.97. The maximum absolute atomic E-state index is 13.4. The second-order valence-corrected chi connectivity index (χ2v) is 10.9. The predicted molar refractivity (Wildman–Crippen MR) is 124 cm³/mol. The molecule has 0 spiro atoms. The molecule has 0 aromatic heterocycles. The first-order chi connectivity index (χ1) is 13.7. The fraction of sp³-hybridized carbons (Fsp3) is 0.462. The number of carbonyl (C=O) groups excluding carboxylic acids is 1. The molecule has 0 saturated heterocycles. The van der Waals surface area contributed by atoms with E-state index in [9.17, 15) is 9.90 Å². The van der Waals surface area contributed by atoms with Gasteiger partial charge < -0.3 is 10.0 Å². The topological polar surface area (TPSA) is 64.4 Å². The number of nitrogens with zero attached hydrogens (tertiary/aromatic N) is 1. The van der Waals surface area contributed by atoms with E-state index in [0.29, 0.717) is 11.4 Å². The third-order valence-corrected chi connectivity index (χ3v) is 6.08. The number of Topliss-reactive ketones (excluding diaryl/α,β-unsaturated/α-hetero) is 1. The van der Waals surface area contributed by atoms with Crippen molar-refractivity contribution in [3.63, 3.8) is 0 Å². The largest absolute Gasteiger partial charge is 0.507 e. The van der Waals surface area contributed by atoms with Gasteiger partial charge >= 0.3 is 0 Å². The Hall–Kier alpha value is -2.62. The number of ketones is 1. The molecule has 2 N–H and O–H groups in total. The number of hydrogen-bond donors (Lipinski definition) is 2. The van der Waals surface area contributed by atoms with Gasteiger partial charge in [0.05, 0.1) is 6.54 Å². The van der Waals surface area contributed by atoms with Gasteiger partial charge in [-0.05, 0) is 48.4 Å². The van der Waals surface area contributed by atoms with Gasteiger partial charge in [0.15, 0.2) is 5.78 Å². The fourth-order valence-corrected chi connectivity index (χ4v) is 4.16. The Kier molecular flexibility index (Phi) is 5.13. The SMILES string of the molecule is CC(C)(C)c1cc(C(=O)CN2C(=N)C(C)(C)c3ccccc32)cc(C(C)(C)C)c1O. The highest BCUT2D eigenvalue weighted by Gasteiger charge is 2.41. The third-order valence-electron chi connectivity index (χ3n) is 6.08. The quantitative estimate of drug-likeness (QED) is 0.620. The zero-order chi connectivity index (χ0) is 22.6. The molecule has 0 radical (unpaired) electrons. The fourth-order valence-electron chi connectivity index (χ4n) is 4.16. The van der Waals surface area contributed by atoms with Crippen molar-refractivity contribution in [2.24, 2.45) is 0 Å². The van der Waals surface area contributed by atoms with Crippen molar-refractivity contribution in [3.8, 4) is 5.75 Å². The molecule has 0 saturated carbocycles. The van der Waals surface area contributed by atoms with Gasteiger partial charge in [0.1, 0.15) is 11.6 Å². The molecule has 160 valence electrons. The van der Waals surface area contributed by atoms with Crippen molar-refractivity contribution in [1.82, 2.24) is 0 Å². The number of carbonyl (C=O) groups is 1. The number of para-hydroxylation sites is 1. The number of anilines is 1. The van der Waals surface area contributed by atoms with Gasteiger partial charge in [-0.25, -0.2) is 0 Å². The van der Waals surface area contributed by atoms with E-state index in [4.69, 9.17) is 5.41 Å². The van der Waals surface area contributed by atoms with Crippen molar-refractivity contribution < 1.29 is 9.90 Å². The molecule has 4 heteroatoms. The minimum Gasteiger partial charge on any atom is -0.507 e. The van der Waals surface area contributed by atoms with Crippen molar-refractivity contribution in [1.29, 1.82) is 5.41 Å². The van der Waals surface area contributed by atoms with Crippen LogP contribution in [0.2, 0.25) is 0 Å². The summed E-state index contributed by atoms with van der Waals surface area (Å²) in [4.78, 5) is 15.2. The first-order valence-corrected chi connectivity index (χ1v) is 10.5. The average molecular weight is 407 g/mol. The molecule has 0 fully saturated rings. The molecule has 0 bridgehead atoms. The van der Waals surface area contributed by atoms with E-state index in [1.807, 2.05) is 96.7 Å². The summed E-state index contributed by atoms with van der Waals surface area (Å²) in [6.45, 7) is 16.4. The average Bonchev–Trinajstić information content (AvgIpc) is 2.81. The van der Waals surface area contributed by atoms with Crippen molar-refractivity contribution in [3.05, 3.63) is 58.7 Å². The highest BCUT2D eigenvalue weighted by molar-refractivity contribution is 6.14. The molecule has 3 rings (SSSR count). The molecule has 2 aromatic rings. The summed E-state index contributed by atoms with van der Waals surface area (Å²) in [5, 5.41) is 19.6. The number of nitrogens with one attached hydrogen (secondary N) is 1. The summed E-state index contributed by atoms with van der Waals surface area (Å²) in [6.07, 6.45) is 0. The van der Waals surface area contributed by atoms with Gasteiger partial charge in [-0.15, -0.1) is 0 Å². The summed E-state index contributed by atoms with van der Waals surface area (Å²) in [6, 6.07) is 11.6. The lowest BCUT2D eigenvalue weighted by atomic mass is 9.78. The summed E-state index contributed by atoms with van der Waals surface area (Å²) in [5.41, 5.74) is 3.10. The van der Waals surface area contributed by atoms with Gasteiger partial charge in [0.2, 0.25) is 0 Å². The number of benzene rings is 2. The monoisotopic (exact) mass is 406 g/mol. The second-order valence-electron chi connectivity index (χ2n) is 10.9. The normalized spacial score (nSPS) is 16.0. The van der Waals surface area contributed by atoms with Gasteiger partial charge in [0, 0.05) is 27.8 Å². The minimum atomic E-state index is -0.432. The van der Waals surface area contributed by atoms with Crippen LogP contribution in [0, 0.1) is 5.41 Å². The van der Waals surface area contributed by atoms with Gasteiger partial charge in [-0.1, -0.05) is 59.7 Å². The highest BCUT2D eigenvalue weighted by atomic mass is 16.3. The van der Waals surface area contributed by atoms with Crippen LogP contribution in [0.1, 0.15) is 82.4 Å². The summed E-state index contributed by atoms with van der Waals surface area (Å²) in [5.74, 6) is 0.651. The molecule has 1 aliphatic rings. The van der Waals surface area contributed by atoms with Crippen LogP contribution in [0.4, 0.5) is 5.69 Å². The lowest BCUT2D eigenvalue weighted by Crippen LogP contribution is -2.38. The predicted octanol–water partition coefficient (Wildman–Crippen LogP) is 5.94. The molecule has 1 aliphatic heterocycles. The van der Waals surface area contributed by atoms with E-state index < -0.39 is 5.41 Å². The Morgan fingerprint density at radius 2 is 1.50 bits per heavy atom. The van der Waals surface area contributed by atoms with Gasteiger partial charge in [-0.2, -0.15) is 0 Å². The third kappa shape index (κ3) is 3.64. The van der Waals surface area contributed by atoms with Crippen LogP contribution in [0.15, 0.2) is 36.4 Å². The van der Waals surface area contributed by atoms with Crippen molar-refractivity contribution in [2.45, 2.75) is 71.6 Å². The Balaban J connectivity index is 2.05. The van der Waals surface area contributed by atoms with E-state index in [0.717, 1.165) is 22.4 Å². The van der Waals surface area contributed by atoms with E-state index in [-0.39, 0.29) is 28.9 Å². The molecule has 0 unspecified atom stereocenters. The van der Waals surface area contributed by atoms with E-state index in [2.05, 4.69) is 0 Å². The molecule has 30 heavy (non-hydrogen) atoms. The maximum Gasteiger partial charge on any atom is 0.182 e. The summed E-state index contributed by atoms with van der Waals surface area (Å²) < 4.78 is 0. The first kappa shape index (κ1) is 22.1. The Labute approximate surface area is 180 Å². The minimum absolute atomic E-state index is 0.0525. The van der Waals surface area contributed by atoms with Crippen LogP contribution in [0.5, 0.6) is 5.75 Å². The van der Waals surface area contributed by atoms with Crippen LogP contribution in [-0.2, 0) is 16.2 Å². The first-order valence-electron chi connectivity index (χ1n) is 10.5. The highest BCUT2D eigenvalue weighted by Crippen LogP contribution is 2.42. The van der Waals surface area contributed by atoms with Gasteiger partial charge in [-0.3, -0.25) is 10.2 Å². The smallest absolute Gasteiger partial charge is 0.182 e. The van der Waals surface area contributed by atoms with Crippen LogP contribution in [0.25, 0.3) is 0 Å². The maximum atomic E-state index is 13.4. The van der Waals surface area contributed by atoms with E-state index in [1.165, 1.54) is 0 Å². The van der Waals surface area contributed by atoms with Gasteiger partial charge in [0.25, 0.3) is 0 Å². The molecule has 0 aliphatic carbocycles. The number of phenolic OH excluding ortho intramolecular Hbond substituents is 1. The zero-order valence-corrected chi connectivity index (χ0v) is 19.5. The van der Waals surface area contributed by atoms with Crippen molar-refractivity contribution >= 4 is 17.3 Å². The zero-order valence-electron chi connectivity index (χ0n) is 19.5. The number of hydrogen-bond acceptors (Lipinski definition) is 3. The van der Waals surface area contributed by atoms with E-state index in [1.54, 1.807) is 0 Å². The number of fused-ring (bicyclic) bond motifs is 1. The lowest BCUT2D eigenvalue weighted by Gasteiger charge is -2.28. The number of amidine groups is 1. The summed E-state index contributed by atoms with van der Waals surface area (Å²) in [7, 11) is 0. The lowest BCUT2D eigenvalue weighted by molar-refractivity contribution is 0.100. The summed E-state index contributed by atoms with van der Waals surface area (Å²) >= 11 is 0. The standard InChI is InChI=1S/C26H34N2O2/c1-24(2,3)18-13-16(14-19(22(18)30)25(4,5)6)21(29)15-28-20-12-10-9-11-17(20)26(7,8)23(28)27/h9-14,27,30H,15H2,1-8H3. The molecular weight excluding hydrogens is 372 g/mol. The number of phenols is 1.